The monoisotopic (exact) mass is 178 g/mol. The zero-order valence-corrected chi connectivity index (χ0v) is 7.79. The van der Waals surface area contributed by atoms with Crippen molar-refractivity contribution in [1.82, 2.24) is 0 Å². The Hall–Kier alpha value is -1.06. The van der Waals surface area contributed by atoms with Crippen LogP contribution in [0.25, 0.3) is 0 Å². The lowest BCUT2D eigenvalue weighted by atomic mass is 10.1. The molecule has 0 saturated carbocycles. The van der Waals surface area contributed by atoms with Gasteiger partial charge in [0.05, 0.1) is 6.61 Å². The third-order valence-electron chi connectivity index (χ3n) is 2.53. The van der Waals surface area contributed by atoms with E-state index in [4.69, 9.17) is 5.90 Å². The van der Waals surface area contributed by atoms with Gasteiger partial charge >= 0.3 is 0 Å². The van der Waals surface area contributed by atoms with Crippen LogP contribution in [0, 0.1) is 0 Å². The topological polar surface area (TPSA) is 38.5 Å². The molecule has 1 heterocycles. The molecule has 0 atom stereocenters. The number of likely N-dealkylation sites (N-methyl/N-ethyl adjacent to an activating group) is 1. The second-order valence-electron chi connectivity index (χ2n) is 3.45. The highest BCUT2D eigenvalue weighted by Crippen LogP contribution is 2.27. The van der Waals surface area contributed by atoms with Crippen LogP contribution >= 0.6 is 0 Å². The Labute approximate surface area is 78.1 Å². The summed E-state index contributed by atoms with van der Waals surface area (Å²) in [5, 5.41) is 0. The third kappa shape index (κ3) is 1.53. The molecule has 2 N–H and O–H groups in total. The van der Waals surface area contributed by atoms with Crippen LogP contribution in [0.2, 0.25) is 0 Å². The maximum Gasteiger partial charge on any atom is 0.0930 e. The largest absolute Gasteiger partial charge is 0.374 e. The average molecular weight is 178 g/mol. The van der Waals surface area contributed by atoms with Gasteiger partial charge in [-0.1, -0.05) is 12.1 Å². The molecule has 1 aromatic rings. The molecule has 70 valence electrons. The Kier molecular flexibility index (Phi) is 2.20. The highest BCUT2D eigenvalue weighted by molar-refractivity contribution is 5.58. The van der Waals surface area contributed by atoms with Crippen LogP contribution in [-0.2, 0) is 17.9 Å². The molecule has 0 fully saturated rings. The van der Waals surface area contributed by atoms with Crippen molar-refractivity contribution in [3.63, 3.8) is 0 Å². The number of hydrogen-bond acceptors (Lipinski definition) is 3. The third-order valence-corrected chi connectivity index (χ3v) is 2.53. The summed E-state index contributed by atoms with van der Waals surface area (Å²) in [6.07, 6.45) is 1.15. The molecule has 2 rings (SSSR count). The van der Waals surface area contributed by atoms with E-state index in [-0.39, 0.29) is 0 Å². The van der Waals surface area contributed by atoms with E-state index in [0.717, 1.165) is 18.5 Å². The zero-order valence-electron chi connectivity index (χ0n) is 7.79. The molecule has 0 radical (unpaired) electrons. The maximum absolute atomic E-state index is 5.03. The highest BCUT2D eigenvalue weighted by atomic mass is 16.6. The predicted octanol–water partition coefficient (Wildman–Crippen LogP) is 1.07. The fraction of sp³-hybridized carbons (Fsp3) is 0.400. The second-order valence-corrected chi connectivity index (χ2v) is 3.45. The first-order chi connectivity index (χ1) is 6.31. The van der Waals surface area contributed by atoms with Crippen molar-refractivity contribution in [2.24, 2.45) is 5.90 Å². The van der Waals surface area contributed by atoms with Gasteiger partial charge in [0.2, 0.25) is 0 Å². The van der Waals surface area contributed by atoms with E-state index in [1.807, 2.05) is 0 Å². The summed E-state index contributed by atoms with van der Waals surface area (Å²) >= 11 is 0. The summed E-state index contributed by atoms with van der Waals surface area (Å²) in [7, 11) is 2.11. The molecule has 1 aromatic carbocycles. The Morgan fingerprint density at radius 3 is 3.15 bits per heavy atom. The van der Waals surface area contributed by atoms with Gasteiger partial charge in [-0.25, -0.2) is 5.90 Å². The van der Waals surface area contributed by atoms with Gasteiger partial charge in [-0.3, -0.25) is 4.84 Å². The van der Waals surface area contributed by atoms with Gasteiger partial charge in [0.25, 0.3) is 0 Å². The Morgan fingerprint density at radius 1 is 1.54 bits per heavy atom. The SMILES string of the molecule is CN1CCc2ccc(CON)cc21. The van der Waals surface area contributed by atoms with E-state index in [9.17, 15) is 0 Å². The lowest BCUT2D eigenvalue weighted by molar-refractivity contribution is 0.124. The van der Waals surface area contributed by atoms with E-state index >= 15 is 0 Å². The Morgan fingerprint density at radius 2 is 2.38 bits per heavy atom. The van der Waals surface area contributed by atoms with Gasteiger partial charge in [0.15, 0.2) is 0 Å². The van der Waals surface area contributed by atoms with Crippen molar-refractivity contribution >= 4 is 5.69 Å². The number of anilines is 1. The normalized spacial score (nSPS) is 14.8. The van der Waals surface area contributed by atoms with Crippen LogP contribution in [0.1, 0.15) is 11.1 Å². The molecule has 0 aromatic heterocycles. The van der Waals surface area contributed by atoms with Gasteiger partial charge in [-0.2, -0.15) is 0 Å². The first kappa shape index (κ1) is 8.53. The number of rotatable bonds is 2. The van der Waals surface area contributed by atoms with Crippen LogP contribution in [0.5, 0.6) is 0 Å². The van der Waals surface area contributed by atoms with Gasteiger partial charge in [0.1, 0.15) is 0 Å². The molecule has 0 spiro atoms. The van der Waals surface area contributed by atoms with E-state index in [2.05, 4.69) is 35.0 Å². The second kappa shape index (κ2) is 3.36. The molecular weight excluding hydrogens is 164 g/mol. The van der Waals surface area contributed by atoms with Crippen molar-refractivity contribution in [2.75, 3.05) is 18.5 Å². The van der Waals surface area contributed by atoms with Gasteiger partial charge in [-0.15, -0.1) is 0 Å². The van der Waals surface area contributed by atoms with Crippen LogP contribution in [0.3, 0.4) is 0 Å². The highest BCUT2D eigenvalue weighted by Gasteiger charge is 2.15. The molecule has 13 heavy (non-hydrogen) atoms. The van der Waals surface area contributed by atoms with Crippen molar-refractivity contribution in [1.29, 1.82) is 0 Å². The van der Waals surface area contributed by atoms with Crippen molar-refractivity contribution in [2.45, 2.75) is 13.0 Å². The summed E-state index contributed by atoms with van der Waals surface area (Å²) in [6, 6.07) is 6.38. The van der Waals surface area contributed by atoms with E-state index in [1.54, 1.807) is 0 Å². The first-order valence-corrected chi connectivity index (χ1v) is 4.46. The quantitative estimate of drug-likeness (QED) is 0.688. The molecule has 0 amide bonds. The van der Waals surface area contributed by atoms with Crippen molar-refractivity contribution < 1.29 is 4.84 Å². The van der Waals surface area contributed by atoms with Crippen LogP contribution in [0.15, 0.2) is 18.2 Å². The van der Waals surface area contributed by atoms with Crippen molar-refractivity contribution in [3.8, 4) is 0 Å². The summed E-state index contributed by atoms with van der Waals surface area (Å²) in [5.41, 5.74) is 3.87. The maximum atomic E-state index is 5.03. The zero-order chi connectivity index (χ0) is 9.26. The van der Waals surface area contributed by atoms with Gasteiger partial charge in [0, 0.05) is 19.3 Å². The van der Waals surface area contributed by atoms with E-state index in [1.165, 1.54) is 11.3 Å². The number of nitrogens with zero attached hydrogens (tertiary/aromatic N) is 1. The predicted molar refractivity (Wildman–Crippen MR) is 52.4 cm³/mol. The van der Waals surface area contributed by atoms with Crippen LogP contribution in [-0.4, -0.2) is 13.6 Å². The fourth-order valence-electron chi connectivity index (χ4n) is 1.77. The van der Waals surface area contributed by atoms with E-state index in [0.29, 0.717) is 6.61 Å². The van der Waals surface area contributed by atoms with Crippen LogP contribution in [0.4, 0.5) is 5.69 Å². The number of fused-ring (bicyclic) bond motifs is 1. The molecule has 0 saturated heterocycles. The summed E-state index contributed by atoms with van der Waals surface area (Å²) in [4.78, 5) is 6.86. The van der Waals surface area contributed by atoms with Crippen LogP contribution < -0.4 is 10.8 Å². The molecule has 3 heteroatoms. The molecule has 3 nitrogen and oxygen atoms in total. The Bertz CT molecular complexity index is 312. The number of nitrogens with two attached hydrogens (primary N) is 1. The number of benzene rings is 1. The molecule has 1 aliphatic heterocycles. The summed E-state index contributed by atoms with van der Waals surface area (Å²) < 4.78 is 0. The number of hydrogen-bond donors (Lipinski definition) is 1. The molecular formula is C10H14N2O. The van der Waals surface area contributed by atoms with E-state index < -0.39 is 0 Å². The minimum absolute atomic E-state index is 0.487. The smallest absolute Gasteiger partial charge is 0.0930 e. The standard InChI is InChI=1S/C10H14N2O/c1-12-5-4-9-3-2-8(7-13-11)6-10(9)12/h2-3,6H,4-5,7,11H2,1H3. The molecule has 0 unspecified atom stereocenters. The summed E-state index contributed by atoms with van der Waals surface area (Å²) in [5.74, 6) is 5.03. The lowest BCUT2D eigenvalue weighted by Gasteiger charge is -2.12. The van der Waals surface area contributed by atoms with Gasteiger partial charge < -0.3 is 4.90 Å². The Balaban J connectivity index is 2.31. The molecule has 0 aliphatic carbocycles. The fourth-order valence-corrected chi connectivity index (χ4v) is 1.77. The lowest BCUT2D eigenvalue weighted by Crippen LogP contribution is -2.12. The minimum Gasteiger partial charge on any atom is -0.374 e. The summed E-state index contributed by atoms with van der Waals surface area (Å²) in [6.45, 7) is 1.60. The minimum atomic E-state index is 0.487. The molecule has 0 bridgehead atoms. The van der Waals surface area contributed by atoms with Crippen molar-refractivity contribution in [3.05, 3.63) is 29.3 Å². The molecule has 1 aliphatic rings. The first-order valence-electron chi connectivity index (χ1n) is 4.46. The average Bonchev–Trinajstić information content (AvgIpc) is 2.49. The van der Waals surface area contributed by atoms with Gasteiger partial charge in [-0.05, 0) is 23.6 Å².